The van der Waals surface area contributed by atoms with Gasteiger partial charge in [0, 0.05) is 36.3 Å². The Hall–Kier alpha value is -2.04. The molecule has 0 spiro atoms. The SMILES string of the molecule is [C-]#[N+]c1ccc(CN2CSC[C@@H]2[C@@H](O)CNC(C)(C)Cc2ccc(OC)cc2)cc1. The molecule has 0 amide bonds. The summed E-state index contributed by atoms with van der Waals surface area (Å²) in [6.07, 6.45) is 0.443. The van der Waals surface area contributed by atoms with E-state index in [0.717, 1.165) is 30.3 Å². The van der Waals surface area contributed by atoms with Crippen molar-refractivity contribution in [3.8, 4) is 5.75 Å². The van der Waals surface area contributed by atoms with Crippen molar-refractivity contribution in [1.82, 2.24) is 10.2 Å². The average molecular weight is 426 g/mol. The minimum Gasteiger partial charge on any atom is -0.497 e. The molecule has 5 nitrogen and oxygen atoms in total. The summed E-state index contributed by atoms with van der Waals surface area (Å²) in [4.78, 5) is 5.78. The van der Waals surface area contributed by atoms with Crippen LogP contribution in [0.15, 0.2) is 48.5 Å². The number of ether oxygens (including phenoxy) is 1. The minimum atomic E-state index is -0.433. The molecule has 6 heteroatoms. The summed E-state index contributed by atoms with van der Waals surface area (Å²) in [5, 5.41) is 14.5. The summed E-state index contributed by atoms with van der Waals surface area (Å²) >= 11 is 1.86. The van der Waals surface area contributed by atoms with Crippen LogP contribution >= 0.6 is 11.8 Å². The summed E-state index contributed by atoms with van der Waals surface area (Å²) in [7, 11) is 1.68. The summed E-state index contributed by atoms with van der Waals surface area (Å²) in [6, 6.07) is 16.0. The highest BCUT2D eigenvalue weighted by atomic mass is 32.2. The molecule has 30 heavy (non-hydrogen) atoms. The number of benzene rings is 2. The molecule has 0 saturated carbocycles. The first-order valence-electron chi connectivity index (χ1n) is 10.2. The van der Waals surface area contributed by atoms with Crippen LogP contribution in [0.3, 0.4) is 0 Å². The van der Waals surface area contributed by atoms with Gasteiger partial charge >= 0.3 is 0 Å². The molecular weight excluding hydrogens is 394 g/mol. The van der Waals surface area contributed by atoms with Gasteiger partial charge in [-0.2, -0.15) is 0 Å². The van der Waals surface area contributed by atoms with Crippen molar-refractivity contribution >= 4 is 17.4 Å². The topological polar surface area (TPSA) is 49.1 Å². The highest BCUT2D eigenvalue weighted by molar-refractivity contribution is 7.99. The average Bonchev–Trinajstić information content (AvgIpc) is 3.21. The van der Waals surface area contributed by atoms with Crippen molar-refractivity contribution in [2.24, 2.45) is 0 Å². The van der Waals surface area contributed by atoms with Crippen LogP contribution in [0.4, 0.5) is 5.69 Å². The van der Waals surface area contributed by atoms with Gasteiger partial charge in [0.15, 0.2) is 5.69 Å². The normalized spacial score (nSPS) is 18.2. The van der Waals surface area contributed by atoms with Crippen LogP contribution < -0.4 is 10.1 Å². The second-order valence-electron chi connectivity index (χ2n) is 8.45. The van der Waals surface area contributed by atoms with E-state index in [2.05, 4.69) is 41.0 Å². The van der Waals surface area contributed by atoms with Crippen LogP contribution in [0.25, 0.3) is 4.85 Å². The van der Waals surface area contributed by atoms with E-state index in [1.165, 1.54) is 11.1 Å². The van der Waals surface area contributed by atoms with Gasteiger partial charge < -0.3 is 15.2 Å². The van der Waals surface area contributed by atoms with Crippen LogP contribution in [0.2, 0.25) is 0 Å². The Bertz CT molecular complexity index is 846. The second-order valence-corrected chi connectivity index (χ2v) is 9.45. The Kier molecular flexibility index (Phi) is 7.79. The molecule has 1 heterocycles. The number of thioether (sulfide) groups is 1. The Morgan fingerprint density at radius 1 is 1.20 bits per heavy atom. The van der Waals surface area contributed by atoms with Gasteiger partial charge in [-0.1, -0.05) is 36.4 Å². The molecule has 0 aromatic heterocycles. The molecule has 0 radical (unpaired) electrons. The zero-order chi connectivity index (χ0) is 21.6. The van der Waals surface area contributed by atoms with Crippen molar-refractivity contribution in [2.75, 3.05) is 25.3 Å². The van der Waals surface area contributed by atoms with Gasteiger partial charge in [-0.15, -0.1) is 11.8 Å². The first-order chi connectivity index (χ1) is 14.4. The lowest BCUT2D eigenvalue weighted by atomic mass is 9.94. The molecule has 0 aliphatic carbocycles. The molecule has 1 aliphatic rings. The minimum absolute atomic E-state index is 0.123. The second kappa shape index (κ2) is 10.3. The van der Waals surface area contributed by atoms with E-state index >= 15 is 0 Å². The maximum atomic E-state index is 10.9. The van der Waals surface area contributed by atoms with E-state index in [1.807, 2.05) is 48.2 Å². The van der Waals surface area contributed by atoms with E-state index in [4.69, 9.17) is 11.3 Å². The first kappa shape index (κ1) is 22.6. The molecule has 2 N–H and O–H groups in total. The number of nitrogens with zero attached hydrogens (tertiary/aromatic N) is 2. The molecule has 0 unspecified atom stereocenters. The third-order valence-corrected chi connectivity index (χ3v) is 6.60. The Morgan fingerprint density at radius 2 is 1.87 bits per heavy atom. The molecule has 1 fully saturated rings. The lowest BCUT2D eigenvalue weighted by Crippen LogP contribution is -2.50. The van der Waals surface area contributed by atoms with Gasteiger partial charge in [-0.05, 0) is 43.5 Å². The van der Waals surface area contributed by atoms with Crippen LogP contribution in [0.1, 0.15) is 25.0 Å². The number of β-amino-alcohol motifs (C(OH)–C–C–N with tert-alkyl or cyclic N) is 1. The third kappa shape index (κ3) is 6.23. The van der Waals surface area contributed by atoms with E-state index < -0.39 is 6.10 Å². The number of aliphatic hydroxyl groups is 1. The molecule has 160 valence electrons. The standard InChI is InChI=1S/C24H31N3O2S/c1-24(2,13-18-7-11-21(29-4)12-8-18)26-14-23(28)22-16-30-17-27(22)15-19-5-9-20(25-3)10-6-19/h5-12,22-23,26,28H,13-17H2,1-2,4H3/t22-,23+/m1/s1. The van der Waals surface area contributed by atoms with E-state index in [9.17, 15) is 5.11 Å². The Morgan fingerprint density at radius 3 is 2.50 bits per heavy atom. The van der Waals surface area contributed by atoms with Gasteiger partial charge in [0.1, 0.15) is 5.75 Å². The van der Waals surface area contributed by atoms with Crippen molar-refractivity contribution in [3.05, 3.63) is 71.1 Å². The van der Waals surface area contributed by atoms with Gasteiger partial charge in [0.2, 0.25) is 0 Å². The first-order valence-corrected chi connectivity index (χ1v) is 11.4. The fourth-order valence-electron chi connectivity index (χ4n) is 3.75. The molecule has 1 aliphatic heterocycles. The lowest BCUT2D eigenvalue weighted by Gasteiger charge is -2.32. The van der Waals surface area contributed by atoms with Crippen LogP contribution in [0.5, 0.6) is 5.75 Å². The highest BCUT2D eigenvalue weighted by Gasteiger charge is 2.32. The fourth-order valence-corrected chi connectivity index (χ4v) is 5.05. The number of hydrogen-bond donors (Lipinski definition) is 2. The molecule has 2 aromatic carbocycles. The number of aliphatic hydroxyl groups excluding tert-OH is 1. The zero-order valence-electron chi connectivity index (χ0n) is 18.0. The van der Waals surface area contributed by atoms with Gasteiger partial charge in [-0.25, -0.2) is 4.85 Å². The van der Waals surface area contributed by atoms with Crippen LogP contribution in [0, 0.1) is 6.57 Å². The summed E-state index contributed by atoms with van der Waals surface area (Å²) in [5.74, 6) is 2.71. The van der Waals surface area contributed by atoms with Crippen LogP contribution in [-0.4, -0.2) is 53.0 Å². The molecular formula is C24H31N3O2S. The van der Waals surface area contributed by atoms with Crippen molar-refractivity contribution in [1.29, 1.82) is 0 Å². The van der Waals surface area contributed by atoms with Gasteiger partial charge in [0.25, 0.3) is 0 Å². The smallest absolute Gasteiger partial charge is 0.187 e. The maximum absolute atomic E-state index is 10.9. The largest absolute Gasteiger partial charge is 0.497 e. The van der Waals surface area contributed by atoms with Crippen molar-refractivity contribution in [3.63, 3.8) is 0 Å². The number of nitrogens with one attached hydrogen (secondary N) is 1. The summed E-state index contributed by atoms with van der Waals surface area (Å²) < 4.78 is 5.23. The van der Waals surface area contributed by atoms with Crippen molar-refractivity contribution in [2.45, 2.75) is 44.5 Å². The molecule has 2 atom stereocenters. The number of methoxy groups -OCH3 is 1. The quantitative estimate of drug-likeness (QED) is 0.593. The maximum Gasteiger partial charge on any atom is 0.187 e. The summed E-state index contributed by atoms with van der Waals surface area (Å²) in [5.41, 5.74) is 2.95. The predicted octanol–water partition coefficient (Wildman–Crippen LogP) is 4.09. The number of rotatable bonds is 9. The molecule has 2 aromatic rings. The third-order valence-electron chi connectivity index (χ3n) is 5.50. The van der Waals surface area contributed by atoms with Crippen LogP contribution in [-0.2, 0) is 13.0 Å². The zero-order valence-corrected chi connectivity index (χ0v) is 18.8. The molecule has 3 rings (SSSR count). The monoisotopic (exact) mass is 425 g/mol. The fraction of sp³-hybridized carbons (Fsp3) is 0.458. The van der Waals surface area contributed by atoms with E-state index in [1.54, 1.807) is 7.11 Å². The predicted molar refractivity (Wildman–Crippen MR) is 124 cm³/mol. The molecule has 0 bridgehead atoms. The van der Waals surface area contributed by atoms with Gasteiger partial charge in [-0.3, -0.25) is 4.90 Å². The van der Waals surface area contributed by atoms with E-state index in [0.29, 0.717) is 12.2 Å². The molecule has 1 saturated heterocycles. The summed E-state index contributed by atoms with van der Waals surface area (Å²) in [6.45, 7) is 12.8. The lowest BCUT2D eigenvalue weighted by molar-refractivity contribution is 0.0684. The highest BCUT2D eigenvalue weighted by Crippen LogP contribution is 2.26. The Labute approximate surface area is 184 Å². The van der Waals surface area contributed by atoms with Gasteiger partial charge in [0.05, 0.1) is 19.8 Å². The van der Waals surface area contributed by atoms with Crippen molar-refractivity contribution < 1.29 is 9.84 Å². The number of hydrogen-bond acceptors (Lipinski definition) is 5. The Balaban J connectivity index is 1.52. The van der Waals surface area contributed by atoms with E-state index in [-0.39, 0.29) is 11.6 Å².